The van der Waals surface area contributed by atoms with Gasteiger partial charge in [0.25, 0.3) is 0 Å². The van der Waals surface area contributed by atoms with Crippen LogP contribution >= 0.6 is 0 Å². The van der Waals surface area contributed by atoms with Gasteiger partial charge in [-0.05, 0) is 37.9 Å². The number of hydrogen-bond donors (Lipinski definition) is 0. The van der Waals surface area contributed by atoms with Crippen molar-refractivity contribution in [3.63, 3.8) is 0 Å². The highest BCUT2D eigenvalue weighted by Crippen LogP contribution is 2.41. The zero-order valence-electron chi connectivity index (χ0n) is 12.4. The summed E-state index contributed by atoms with van der Waals surface area (Å²) in [6.07, 6.45) is 2.48. The molecule has 1 atom stereocenters. The molecule has 0 N–H and O–H groups in total. The van der Waals surface area contributed by atoms with Crippen molar-refractivity contribution in [2.24, 2.45) is 0 Å². The number of rotatable bonds is 2. The number of nitrogens with zero attached hydrogens (tertiary/aromatic N) is 1. The Hall–Kier alpha value is -1.60. The molecular formula is C19H23N. The first-order valence-corrected chi connectivity index (χ1v) is 7.54. The van der Waals surface area contributed by atoms with Crippen LogP contribution in [0.5, 0.6) is 0 Å². The van der Waals surface area contributed by atoms with Gasteiger partial charge < -0.3 is 4.90 Å². The average molecular weight is 265 g/mol. The first-order chi connectivity index (χ1) is 9.72. The van der Waals surface area contributed by atoms with Crippen molar-refractivity contribution in [2.75, 3.05) is 13.6 Å². The zero-order valence-corrected chi connectivity index (χ0v) is 12.4. The first kappa shape index (κ1) is 13.4. The molecule has 2 aromatic carbocycles. The molecule has 1 unspecified atom stereocenters. The van der Waals surface area contributed by atoms with E-state index in [-0.39, 0.29) is 5.41 Å². The van der Waals surface area contributed by atoms with Gasteiger partial charge >= 0.3 is 0 Å². The summed E-state index contributed by atoms with van der Waals surface area (Å²) in [5.74, 6) is 0. The highest BCUT2D eigenvalue weighted by Gasteiger charge is 2.39. The lowest BCUT2D eigenvalue weighted by Crippen LogP contribution is -2.48. The van der Waals surface area contributed by atoms with Crippen molar-refractivity contribution >= 4 is 0 Å². The van der Waals surface area contributed by atoms with E-state index in [2.05, 4.69) is 79.5 Å². The molecule has 0 aliphatic carbocycles. The van der Waals surface area contributed by atoms with Crippen LogP contribution in [0.15, 0.2) is 60.7 Å². The molecule has 1 fully saturated rings. The second kappa shape index (κ2) is 5.41. The molecule has 0 radical (unpaired) electrons. The molecule has 0 aromatic heterocycles. The second-order valence-electron chi connectivity index (χ2n) is 6.12. The van der Waals surface area contributed by atoms with E-state index < -0.39 is 0 Å². The fraction of sp³-hybridized carbons (Fsp3) is 0.368. The Morgan fingerprint density at radius 3 is 1.85 bits per heavy atom. The monoisotopic (exact) mass is 265 g/mol. The normalized spacial score (nSPS) is 22.6. The van der Waals surface area contributed by atoms with Crippen LogP contribution in [0, 0.1) is 0 Å². The minimum atomic E-state index is 0.143. The van der Waals surface area contributed by atoms with Crippen LogP contribution in [-0.2, 0) is 5.41 Å². The lowest BCUT2D eigenvalue weighted by atomic mass is 9.68. The van der Waals surface area contributed by atoms with Crippen LogP contribution in [-0.4, -0.2) is 24.5 Å². The SMILES string of the molecule is CC1CCC(c2ccccc2)(c2ccccc2)CN1C. The van der Waals surface area contributed by atoms with Gasteiger partial charge in [-0.15, -0.1) is 0 Å². The van der Waals surface area contributed by atoms with E-state index in [9.17, 15) is 0 Å². The number of likely N-dealkylation sites (N-methyl/N-ethyl adjacent to an activating group) is 1. The van der Waals surface area contributed by atoms with Gasteiger partial charge in [0, 0.05) is 18.0 Å². The Kier molecular flexibility index (Phi) is 3.62. The van der Waals surface area contributed by atoms with E-state index >= 15 is 0 Å². The predicted octanol–water partition coefficient (Wildman–Crippen LogP) is 4.09. The summed E-state index contributed by atoms with van der Waals surface area (Å²) in [7, 11) is 2.25. The van der Waals surface area contributed by atoms with Crippen molar-refractivity contribution < 1.29 is 0 Å². The van der Waals surface area contributed by atoms with Gasteiger partial charge in [0.15, 0.2) is 0 Å². The van der Waals surface area contributed by atoms with Gasteiger partial charge in [0.1, 0.15) is 0 Å². The third kappa shape index (κ3) is 2.27. The molecule has 3 rings (SSSR count). The van der Waals surface area contributed by atoms with Crippen LogP contribution in [0.1, 0.15) is 30.9 Å². The molecule has 1 heteroatoms. The Labute approximate surface area is 122 Å². The smallest absolute Gasteiger partial charge is 0.0330 e. The van der Waals surface area contributed by atoms with Crippen molar-refractivity contribution in [3.05, 3.63) is 71.8 Å². The van der Waals surface area contributed by atoms with Gasteiger partial charge in [0.05, 0.1) is 0 Å². The van der Waals surface area contributed by atoms with E-state index in [0.29, 0.717) is 6.04 Å². The van der Waals surface area contributed by atoms with Crippen molar-refractivity contribution in [1.29, 1.82) is 0 Å². The minimum absolute atomic E-state index is 0.143. The third-order valence-corrected chi connectivity index (χ3v) is 4.91. The highest BCUT2D eigenvalue weighted by molar-refractivity contribution is 5.40. The average Bonchev–Trinajstić information content (AvgIpc) is 2.52. The molecule has 1 saturated heterocycles. The maximum atomic E-state index is 2.50. The quantitative estimate of drug-likeness (QED) is 0.790. The molecule has 2 aromatic rings. The predicted molar refractivity (Wildman–Crippen MR) is 85.0 cm³/mol. The third-order valence-electron chi connectivity index (χ3n) is 4.91. The molecule has 0 amide bonds. The molecule has 1 aliphatic heterocycles. The topological polar surface area (TPSA) is 3.24 Å². The second-order valence-corrected chi connectivity index (χ2v) is 6.12. The summed E-state index contributed by atoms with van der Waals surface area (Å²) in [6, 6.07) is 22.7. The maximum absolute atomic E-state index is 2.50. The molecule has 0 saturated carbocycles. The van der Waals surface area contributed by atoms with E-state index in [4.69, 9.17) is 0 Å². The van der Waals surface area contributed by atoms with Crippen molar-refractivity contribution in [1.82, 2.24) is 4.90 Å². The van der Waals surface area contributed by atoms with Gasteiger partial charge in [-0.2, -0.15) is 0 Å². The standard InChI is InChI=1S/C19H23N/c1-16-13-14-19(15-20(16)2,17-9-5-3-6-10-17)18-11-7-4-8-12-18/h3-12,16H,13-15H2,1-2H3. The molecular weight excluding hydrogens is 242 g/mol. The number of hydrogen-bond acceptors (Lipinski definition) is 1. The van der Waals surface area contributed by atoms with Crippen LogP contribution < -0.4 is 0 Å². The van der Waals surface area contributed by atoms with Crippen molar-refractivity contribution in [3.8, 4) is 0 Å². The molecule has 1 heterocycles. The Balaban J connectivity index is 2.09. The summed E-state index contributed by atoms with van der Waals surface area (Å²) in [4.78, 5) is 2.50. The molecule has 20 heavy (non-hydrogen) atoms. The Bertz CT molecular complexity index is 507. The molecule has 1 aliphatic rings. The summed E-state index contributed by atoms with van der Waals surface area (Å²) in [6.45, 7) is 3.43. The molecule has 0 spiro atoms. The lowest BCUT2D eigenvalue weighted by molar-refractivity contribution is 0.144. The molecule has 0 bridgehead atoms. The fourth-order valence-corrected chi connectivity index (χ4v) is 3.49. The summed E-state index contributed by atoms with van der Waals surface area (Å²) in [5, 5.41) is 0. The van der Waals surface area contributed by atoms with Crippen LogP contribution in [0.4, 0.5) is 0 Å². The Morgan fingerprint density at radius 1 is 0.900 bits per heavy atom. The number of benzene rings is 2. The van der Waals surface area contributed by atoms with Crippen LogP contribution in [0.3, 0.4) is 0 Å². The zero-order chi connectivity index (χ0) is 14.0. The fourth-order valence-electron chi connectivity index (χ4n) is 3.49. The van der Waals surface area contributed by atoms with E-state index in [0.717, 1.165) is 6.54 Å². The summed E-state index contributed by atoms with van der Waals surface area (Å²) < 4.78 is 0. The summed E-state index contributed by atoms with van der Waals surface area (Å²) >= 11 is 0. The van der Waals surface area contributed by atoms with Crippen LogP contribution in [0.25, 0.3) is 0 Å². The largest absolute Gasteiger partial charge is 0.302 e. The molecule has 1 nitrogen and oxygen atoms in total. The summed E-state index contributed by atoms with van der Waals surface area (Å²) in [5.41, 5.74) is 3.04. The number of likely N-dealkylation sites (tertiary alicyclic amines) is 1. The van der Waals surface area contributed by atoms with E-state index in [1.807, 2.05) is 0 Å². The van der Waals surface area contributed by atoms with E-state index in [1.54, 1.807) is 0 Å². The number of piperidine rings is 1. The van der Waals surface area contributed by atoms with Gasteiger partial charge in [-0.3, -0.25) is 0 Å². The lowest BCUT2D eigenvalue weighted by Gasteiger charge is -2.45. The van der Waals surface area contributed by atoms with Gasteiger partial charge in [0.2, 0.25) is 0 Å². The highest BCUT2D eigenvalue weighted by atomic mass is 15.1. The maximum Gasteiger partial charge on any atom is 0.0330 e. The van der Waals surface area contributed by atoms with E-state index in [1.165, 1.54) is 24.0 Å². The van der Waals surface area contributed by atoms with Crippen molar-refractivity contribution in [2.45, 2.75) is 31.2 Å². The Morgan fingerprint density at radius 2 is 1.40 bits per heavy atom. The van der Waals surface area contributed by atoms with Gasteiger partial charge in [-0.1, -0.05) is 60.7 Å². The van der Waals surface area contributed by atoms with Gasteiger partial charge in [-0.25, -0.2) is 0 Å². The van der Waals surface area contributed by atoms with Crippen LogP contribution in [0.2, 0.25) is 0 Å². The minimum Gasteiger partial charge on any atom is -0.302 e. The molecule has 104 valence electrons. The first-order valence-electron chi connectivity index (χ1n) is 7.54.